The van der Waals surface area contributed by atoms with E-state index in [4.69, 9.17) is 11.2 Å². The number of hydrogen-bond donors (Lipinski definition) is 0. The minimum absolute atomic E-state index is 0.0223. The van der Waals surface area contributed by atoms with Gasteiger partial charge in [0.1, 0.15) is 0 Å². The Morgan fingerprint density at radius 3 is 2.52 bits per heavy atom. The third-order valence-corrected chi connectivity index (χ3v) is 3.50. The highest BCUT2D eigenvalue weighted by atomic mass is 16.5. The number of carbonyl (C=O) groups is 1. The van der Waals surface area contributed by atoms with Crippen molar-refractivity contribution in [1.29, 1.82) is 0 Å². The first-order chi connectivity index (χ1) is 9.88. The molecule has 0 rings (SSSR count). The lowest BCUT2D eigenvalue weighted by molar-refractivity contribution is -0.137. The Kier molecular flexibility index (Phi) is 10.1. The van der Waals surface area contributed by atoms with Crippen LogP contribution in [0.1, 0.15) is 53.9 Å². The summed E-state index contributed by atoms with van der Waals surface area (Å²) in [5.41, 5.74) is 3.47. The lowest BCUT2D eigenvalue weighted by atomic mass is 9.97. The normalized spacial score (nSPS) is 12.9. The lowest BCUT2D eigenvalue weighted by Gasteiger charge is -2.09. The Morgan fingerprint density at radius 1 is 1.29 bits per heavy atom. The van der Waals surface area contributed by atoms with Crippen LogP contribution in [0.3, 0.4) is 0 Å². The molecule has 116 valence electrons. The molecule has 0 aromatic carbocycles. The van der Waals surface area contributed by atoms with Crippen molar-refractivity contribution in [3.05, 3.63) is 34.9 Å². The van der Waals surface area contributed by atoms with E-state index < -0.39 is 0 Å². The molecule has 0 saturated carbocycles. The molecule has 0 aromatic heterocycles. The second-order valence-corrected chi connectivity index (χ2v) is 5.72. The van der Waals surface area contributed by atoms with E-state index >= 15 is 0 Å². The van der Waals surface area contributed by atoms with Gasteiger partial charge in [-0.15, -0.1) is 6.42 Å². The number of rotatable bonds is 8. The molecule has 0 fully saturated rings. The molecule has 0 amide bonds. The van der Waals surface area contributed by atoms with Crippen LogP contribution in [0.25, 0.3) is 0 Å². The number of hydrogen-bond acceptors (Lipinski definition) is 2. The van der Waals surface area contributed by atoms with E-state index in [1.54, 1.807) is 13.0 Å². The summed E-state index contributed by atoms with van der Waals surface area (Å²) in [6, 6.07) is 0. The predicted molar refractivity (Wildman–Crippen MR) is 89.8 cm³/mol. The fourth-order valence-electron chi connectivity index (χ4n) is 1.64. The maximum atomic E-state index is 11.4. The Bertz CT molecular complexity index is 454. The molecule has 0 radical (unpaired) electrons. The van der Waals surface area contributed by atoms with Crippen molar-refractivity contribution in [3.8, 4) is 12.3 Å². The molecule has 0 aliphatic rings. The van der Waals surface area contributed by atoms with Crippen LogP contribution in [-0.4, -0.2) is 12.6 Å². The number of carbonyl (C=O) groups excluding carboxylic acids is 1. The molecule has 1 atom stereocenters. The smallest absolute Gasteiger partial charge is 0.334 e. The Morgan fingerprint density at radius 2 is 1.95 bits per heavy atom. The van der Waals surface area contributed by atoms with Gasteiger partial charge in [-0.25, -0.2) is 4.79 Å². The minimum atomic E-state index is -0.357. The van der Waals surface area contributed by atoms with E-state index in [1.165, 1.54) is 17.6 Å². The molecule has 2 nitrogen and oxygen atoms in total. The Labute approximate surface area is 130 Å². The van der Waals surface area contributed by atoms with Crippen LogP contribution in [0, 0.1) is 18.3 Å². The maximum Gasteiger partial charge on any atom is 0.334 e. The first kappa shape index (κ1) is 19.2. The highest BCUT2D eigenvalue weighted by Gasteiger charge is 2.03. The largest absolute Gasteiger partial charge is 0.449 e. The van der Waals surface area contributed by atoms with Gasteiger partial charge in [0, 0.05) is 5.57 Å². The van der Waals surface area contributed by atoms with Gasteiger partial charge in [-0.1, -0.05) is 42.2 Å². The van der Waals surface area contributed by atoms with Crippen LogP contribution in [0.2, 0.25) is 0 Å². The van der Waals surface area contributed by atoms with Crippen LogP contribution in [-0.2, 0) is 9.53 Å². The Balaban J connectivity index is 4.13. The zero-order chi connectivity index (χ0) is 16.3. The van der Waals surface area contributed by atoms with Gasteiger partial charge in [0.25, 0.3) is 0 Å². The highest BCUT2D eigenvalue weighted by Crippen LogP contribution is 2.17. The third kappa shape index (κ3) is 9.73. The summed E-state index contributed by atoms with van der Waals surface area (Å²) < 4.78 is 4.84. The van der Waals surface area contributed by atoms with Gasteiger partial charge in [0.2, 0.25) is 0 Å². The van der Waals surface area contributed by atoms with E-state index in [1.807, 2.05) is 6.08 Å². The van der Waals surface area contributed by atoms with Crippen molar-refractivity contribution < 1.29 is 9.53 Å². The molecule has 0 heterocycles. The molecule has 2 heteroatoms. The highest BCUT2D eigenvalue weighted by molar-refractivity contribution is 5.88. The summed E-state index contributed by atoms with van der Waals surface area (Å²) in [5, 5.41) is 0. The number of terminal acetylenes is 1. The van der Waals surface area contributed by atoms with E-state index in [0.717, 1.165) is 12.8 Å². The zero-order valence-corrected chi connectivity index (χ0v) is 14.0. The summed E-state index contributed by atoms with van der Waals surface area (Å²) in [6.45, 7) is 10.5. The first-order valence-corrected chi connectivity index (χ1v) is 7.45. The zero-order valence-electron chi connectivity index (χ0n) is 14.0. The monoisotopic (exact) mass is 288 g/mol. The van der Waals surface area contributed by atoms with Crippen molar-refractivity contribution in [3.63, 3.8) is 0 Å². The van der Waals surface area contributed by atoms with Gasteiger partial charge < -0.3 is 4.74 Å². The summed E-state index contributed by atoms with van der Waals surface area (Å²) in [4.78, 5) is 11.4. The molecule has 0 saturated heterocycles. The number of ether oxygens (including phenoxy) is 1. The number of esters is 1. The second-order valence-electron chi connectivity index (χ2n) is 5.72. The van der Waals surface area contributed by atoms with Crippen LogP contribution in [0.5, 0.6) is 0 Å². The average Bonchev–Trinajstić information content (AvgIpc) is 2.45. The molecule has 0 aliphatic carbocycles. The van der Waals surface area contributed by atoms with Crippen molar-refractivity contribution in [2.75, 3.05) is 6.61 Å². The molecule has 0 spiro atoms. The van der Waals surface area contributed by atoms with Crippen molar-refractivity contribution >= 4 is 5.97 Å². The van der Waals surface area contributed by atoms with Gasteiger partial charge in [0.05, 0.1) is 0 Å². The number of allylic oxidation sites excluding steroid dienone is 5. The van der Waals surface area contributed by atoms with Crippen LogP contribution >= 0.6 is 0 Å². The van der Waals surface area contributed by atoms with E-state index in [0.29, 0.717) is 11.5 Å². The van der Waals surface area contributed by atoms with Gasteiger partial charge in [-0.3, -0.25) is 0 Å². The Hall–Kier alpha value is -1.75. The van der Waals surface area contributed by atoms with Gasteiger partial charge in [0.15, 0.2) is 6.61 Å². The molecule has 21 heavy (non-hydrogen) atoms. The molecule has 0 aliphatic heterocycles. The van der Waals surface area contributed by atoms with Crippen molar-refractivity contribution in [1.82, 2.24) is 0 Å². The summed E-state index contributed by atoms with van der Waals surface area (Å²) in [6.07, 6.45) is 14.2. The molecular weight excluding hydrogens is 260 g/mol. The van der Waals surface area contributed by atoms with Gasteiger partial charge in [-0.05, 0) is 52.9 Å². The fraction of sp³-hybridized carbons (Fsp3) is 0.526. The standard InChI is InChI=1S/C19H28O2/c1-7-14-21-19(20)18(6)11-9-8-10-16(4)12-13-17(5)15(2)3/h1,8-9,11,16H,10,12-14H2,2-6H3. The lowest BCUT2D eigenvalue weighted by Crippen LogP contribution is -2.05. The molecule has 0 bridgehead atoms. The quantitative estimate of drug-likeness (QED) is 0.210. The van der Waals surface area contributed by atoms with E-state index in [9.17, 15) is 4.79 Å². The minimum Gasteiger partial charge on any atom is -0.449 e. The second kappa shape index (κ2) is 11.0. The summed E-state index contributed by atoms with van der Waals surface area (Å²) in [5.74, 6) is 2.55. The first-order valence-electron chi connectivity index (χ1n) is 7.45. The molecule has 1 unspecified atom stereocenters. The van der Waals surface area contributed by atoms with E-state index in [2.05, 4.69) is 39.7 Å². The van der Waals surface area contributed by atoms with Crippen molar-refractivity contribution in [2.45, 2.75) is 53.9 Å². The summed E-state index contributed by atoms with van der Waals surface area (Å²) >= 11 is 0. The topological polar surface area (TPSA) is 26.3 Å². The van der Waals surface area contributed by atoms with Crippen LogP contribution < -0.4 is 0 Å². The fourth-order valence-corrected chi connectivity index (χ4v) is 1.64. The average molecular weight is 288 g/mol. The molecule has 0 aromatic rings. The van der Waals surface area contributed by atoms with Gasteiger partial charge in [-0.2, -0.15) is 0 Å². The third-order valence-electron chi connectivity index (χ3n) is 3.50. The predicted octanol–water partition coefficient (Wildman–Crippen LogP) is 4.83. The SMILES string of the molecule is C#CCOC(=O)C(C)=CC=CCC(C)CCC(C)=C(C)C. The summed E-state index contributed by atoms with van der Waals surface area (Å²) in [7, 11) is 0. The molecule has 0 N–H and O–H groups in total. The van der Waals surface area contributed by atoms with Crippen molar-refractivity contribution in [2.24, 2.45) is 5.92 Å². The van der Waals surface area contributed by atoms with E-state index in [-0.39, 0.29) is 12.6 Å². The van der Waals surface area contributed by atoms with Crippen LogP contribution in [0.15, 0.2) is 34.9 Å². The maximum absolute atomic E-state index is 11.4. The van der Waals surface area contributed by atoms with Gasteiger partial charge >= 0.3 is 5.97 Å². The van der Waals surface area contributed by atoms with Crippen LogP contribution in [0.4, 0.5) is 0 Å². The molecular formula is C19H28O2.